The van der Waals surface area contributed by atoms with Crippen molar-refractivity contribution in [2.45, 2.75) is 6.92 Å². The third-order valence-corrected chi connectivity index (χ3v) is 4.08. The van der Waals surface area contributed by atoms with Gasteiger partial charge < -0.3 is 10.5 Å². The van der Waals surface area contributed by atoms with E-state index in [9.17, 15) is 4.79 Å². The van der Waals surface area contributed by atoms with Crippen LogP contribution < -0.4 is 5.73 Å². The lowest BCUT2D eigenvalue weighted by atomic mass is 10.0. The van der Waals surface area contributed by atoms with Gasteiger partial charge in [0.05, 0.1) is 17.9 Å². The Bertz CT molecular complexity index is 825. The SMILES string of the molecule is CCOC(=O)c1cccc(-c2ccc(-c3csc(N)n3)cc2)c1. The maximum atomic E-state index is 11.8. The molecule has 2 N–H and O–H groups in total. The normalized spacial score (nSPS) is 10.5. The molecule has 1 heterocycles. The van der Waals surface area contributed by atoms with Gasteiger partial charge in [-0.25, -0.2) is 9.78 Å². The van der Waals surface area contributed by atoms with Crippen molar-refractivity contribution in [2.24, 2.45) is 0 Å². The summed E-state index contributed by atoms with van der Waals surface area (Å²) in [4.78, 5) is 16.1. The Morgan fingerprint density at radius 1 is 1.13 bits per heavy atom. The van der Waals surface area contributed by atoms with Gasteiger partial charge in [0.2, 0.25) is 0 Å². The maximum absolute atomic E-state index is 11.8. The van der Waals surface area contributed by atoms with E-state index >= 15 is 0 Å². The van der Waals surface area contributed by atoms with Gasteiger partial charge >= 0.3 is 5.97 Å². The topological polar surface area (TPSA) is 65.2 Å². The summed E-state index contributed by atoms with van der Waals surface area (Å²) in [5, 5.41) is 2.50. The number of ether oxygens (including phenoxy) is 1. The highest BCUT2D eigenvalue weighted by molar-refractivity contribution is 7.13. The molecule has 0 saturated carbocycles. The Morgan fingerprint density at radius 3 is 2.52 bits per heavy atom. The van der Waals surface area contributed by atoms with Gasteiger partial charge in [0.25, 0.3) is 0 Å². The van der Waals surface area contributed by atoms with E-state index in [1.807, 2.05) is 47.8 Å². The van der Waals surface area contributed by atoms with Gasteiger partial charge in [-0.3, -0.25) is 0 Å². The summed E-state index contributed by atoms with van der Waals surface area (Å²) in [6.45, 7) is 2.17. The first kappa shape index (κ1) is 15.2. The zero-order valence-corrected chi connectivity index (χ0v) is 13.5. The molecular weight excluding hydrogens is 308 g/mol. The van der Waals surface area contributed by atoms with Crippen molar-refractivity contribution in [3.8, 4) is 22.4 Å². The lowest BCUT2D eigenvalue weighted by Crippen LogP contribution is -2.04. The summed E-state index contributed by atoms with van der Waals surface area (Å²) < 4.78 is 5.04. The van der Waals surface area contributed by atoms with Gasteiger partial charge in [0, 0.05) is 10.9 Å². The molecule has 0 amide bonds. The number of anilines is 1. The summed E-state index contributed by atoms with van der Waals surface area (Å²) in [6, 6.07) is 15.4. The number of hydrogen-bond donors (Lipinski definition) is 1. The van der Waals surface area contributed by atoms with Crippen molar-refractivity contribution in [3.05, 3.63) is 59.5 Å². The zero-order valence-electron chi connectivity index (χ0n) is 12.7. The van der Waals surface area contributed by atoms with E-state index in [1.54, 1.807) is 13.0 Å². The van der Waals surface area contributed by atoms with Crippen LogP contribution in [0.15, 0.2) is 53.9 Å². The summed E-state index contributed by atoms with van der Waals surface area (Å²) in [6.07, 6.45) is 0. The van der Waals surface area contributed by atoms with Gasteiger partial charge in [0.1, 0.15) is 0 Å². The molecule has 4 nitrogen and oxygen atoms in total. The van der Waals surface area contributed by atoms with E-state index < -0.39 is 0 Å². The minimum Gasteiger partial charge on any atom is -0.462 e. The highest BCUT2D eigenvalue weighted by atomic mass is 32.1. The maximum Gasteiger partial charge on any atom is 0.338 e. The van der Waals surface area contributed by atoms with Crippen LogP contribution in [0.3, 0.4) is 0 Å². The summed E-state index contributed by atoms with van der Waals surface area (Å²) in [5.41, 5.74) is 10.1. The van der Waals surface area contributed by atoms with Gasteiger partial charge in [-0.2, -0.15) is 0 Å². The average Bonchev–Trinajstić information content (AvgIpc) is 3.02. The number of nitrogens with two attached hydrogens (primary N) is 1. The molecule has 0 aliphatic heterocycles. The largest absolute Gasteiger partial charge is 0.462 e. The number of carbonyl (C=O) groups is 1. The van der Waals surface area contributed by atoms with E-state index in [4.69, 9.17) is 10.5 Å². The molecule has 3 aromatic rings. The quantitative estimate of drug-likeness (QED) is 0.729. The third-order valence-electron chi connectivity index (χ3n) is 3.41. The molecule has 0 radical (unpaired) electrons. The van der Waals surface area contributed by atoms with Gasteiger partial charge in [-0.15, -0.1) is 11.3 Å². The Hall–Kier alpha value is -2.66. The Morgan fingerprint density at radius 2 is 1.87 bits per heavy atom. The molecule has 5 heteroatoms. The first-order valence-corrected chi connectivity index (χ1v) is 8.14. The number of aromatic nitrogens is 1. The zero-order chi connectivity index (χ0) is 16.2. The second-order valence-corrected chi connectivity index (χ2v) is 5.84. The van der Waals surface area contributed by atoms with Crippen molar-refractivity contribution in [1.29, 1.82) is 0 Å². The number of esters is 1. The van der Waals surface area contributed by atoms with Crippen LogP contribution in [0.25, 0.3) is 22.4 Å². The van der Waals surface area contributed by atoms with E-state index in [2.05, 4.69) is 4.98 Å². The molecule has 0 fully saturated rings. The monoisotopic (exact) mass is 324 g/mol. The van der Waals surface area contributed by atoms with Crippen molar-refractivity contribution in [1.82, 2.24) is 4.98 Å². The Balaban J connectivity index is 1.87. The van der Waals surface area contributed by atoms with Crippen LogP contribution in [-0.2, 0) is 4.74 Å². The van der Waals surface area contributed by atoms with Crippen LogP contribution in [0.1, 0.15) is 17.3 Å². The molecular formula is C18H16N2O2S. The van der Waals surface area contributed by atoms with Crippen LogP contribution in [0, 0.1) is 0 Å². The fourth-order valence-electron chi connectivity index (χ4n) is 2.29. The number of carbonyl (C=O) groups excluding carboxylic acids is 1. The summed E-state index contributed by atoms with van der Waals surface area (Å²) in [5.74, 6) is -0.302. The highest BCUT2D eigenvalue weighted by Crippen LogP contribution is 2.27. The molecule has 2 aromatic carbocycles. The van der Waals surface area contributed by atoms with Crippen molar-refractivity contribution in [3.63, 3.8) is 0 Å². The van der Waals surface area contributed by atoms with E-state index in [0.717, 1.165) is 22.4 Å². The lowest BCUT2D eigenvalue weighted by Gasteiger charge is -2.06. The number of nitrogens with zero attached hydrogens (tertiary/aromatic N) is 1. The molecule has 0 unspecified atom stereocenters. The first-order chi connectivity index (χ1) is 11.2. The first-order valence-electron chi connectivity index (χ1n) is 7.26. The Labute approximate surface area is 138 Å². The van der Waals surface area contributed by atoms with Crippen molar-refractivity contribution >= 4 is 22.4 Å². The standard InChI is InChI=1S/C18H16N2O2S/c1-2-22-17(21)15-5-3-4-14(10-15)12-6-8-13(9-7-12)16-11-23-18(19)20-16/h3-11H,2H2,1H3,(H2,19,20). The van der Waals surface area contributed by atoms with Crippen LogP contribution in [0.4, 0.5) is 5.13 Å². The van der Waals surface area contributed by atoms with Gasteiger partial charge in [-0.05, 0) is 30.2 Å². The second kappa shape index (κ2) is 6.62. The predicted molar refractivity (Wildman–Crippen MR) is 93.4 cm³/mol. The minimum absolute atomic E-state index is 0.302. The molecule has 0 bridgehead atoms. The number of rotatable bonds is 4. The van der Waals surface area contributed by atoms with Crippen molar-refractivity contribution in [2.75, 3.05) is 12.3 Å². The van der Waals surface area contributed by atoms with Gasteiger partial charge in [0.15, 0.2) is 5.13 Å². The lowest BCUT2D eigenvalue weighted by molar-refractivity contribution is 0.0526. The average molecular weight is 324 g/mol. The molecule has 0 aliphatic rings. The molecule has 1 aromatic heterocycles. The molecule has 116 valence electrons. The number of thiazole rings is 1. The Kier molecular flexibility index (Phi) is 4.39. The smallest absolute Gasteiger partial charge is 0.338 e. The highest BCUT2D eigenvalue weighted by Gasteiger charge is 2.08. The molecule has 0 atom stereocenters. The number of benzene rings is 2. The van der Waals surface area contributed by atoms with Crippen LogP contribution in [0.5, 0.6) is 0 Å². The fraction of sp³-hybridized carbons (Fsp3) is 0.111. The third kappa shape index (κ3) is 3.40. The van der Waals surface area contributed by atoms with Crippen LogP contribution >= 0.6 is 11.3 Å². The minimum atomic E-state index is -0.302. The number of nitrogen functional groups attached to an aromatic ring is 1. The summed E-state index contributed by atoms with van der Waals surface area (Å²) >= 11 is 1.42. The number of hydrogen-bond acceptors (Lipinski definition) is 5. The van der Waals surface area contributed by atoms with Crippen LogP contribution in [-0.4, -0.2) is 17.6 Å². The molecule has 0 aliphatic carbocycles. The van der Waals surface area contributed by atoms with Crippen LogP contribution in [0.2, 0.25) is 0 Å². The summed E-state index contributed by atoms with van der Waals surface area (Å²) in [7, 11) is 0. The predicted octanol–water partition coefficient (Wildman–Crippen LogP) is 4.24. The fourth-order valence-corrected chi connectivity index (χ4v) is 2.87. The molecule has 0 saturated heterocycles. The second-order valence-electron chi connectivity index (χ2n) is 4.95. The van der Waals surface area contributed by atoms with Crippen molar-refractivity contribution < 1.29 is 9.53 Å². The molecule has 23 heavy (non-hydrogen) atoms. The molecule has 0 spiro atoms. The van der Waals surface area contributed by atoms with E-state index in [0.29, 0.717) is 17.3 Å². The van der Waals surface area contributed by atoms with Gasteiger partial charge in [-0.1, -0.05) is 36.4 Å². The molecule has 3 rings (SSSR count). The van der Waals surface area contributed by atoms with E-state index in [1.165, 1.54) is 11.3 Å². The van der Waals surface area contributed by atoms with E-state index in [-0.39, 0.29) is 5.97 Å².